The number of hydrogen-bond acceptors (Lipinski definition) is 1. The Labute approximate surface area is 108 Å². The molecular formula is C10H10AcO. The summed E-state index contributed by atoms with van der Waals surface area (Å²) in [6.45, 7) is 0. The number of fused-ring (bicyclic) bond motifs is 1. The minimum absolute atomic E-state index is 0. The van der Waals surface area contributed by atoms with Gasteiger partial charge in [0.1, 0.15) is 5.76 Å². The van der Waals surface area contributed by atoms with E-state index in [4.69, 9.17) is 0 Å². The normalized spacial score (nSPS) is 14.2. The second-order valence-electron chi connectivity index (χ2n) is 2.79. The zero-order chi connectivity index (χ0) is 7.68. The van der Waals surface area contributed by atoms with Crippen LogP contribution in [-0.4, -0.2) is 5.11 Å². The monoisotopic (exact) mass is 373 g/mol. The van der Waals surface area contributed by atoms with Gasteiger partial charge in [-0.25, -0.2) is 0 Å². The summed E-state index contributed by atoms with van der Waals surface area (Å²) in [6, 6.07) is 7.99. The molecular weight excluding hydrogens is 363 g/mol. The fourth-order valence-corrected chi connectivity index (χ4v) is 1.46. The van der Waals surface area contributed by atoms with E-state index in [1.807, 2.05) is 24.3 Å². The Morgan fingerprint density at radius 3 is 2.67 bits per heavy atom. The Bertz CT molecular complexity index is 304. The summed E-state index contributed by atoms with van der Waals surface area (Å²) >= 11 is 0. The molecule has 0 bridgehead atoms. The summed E-state index contributed by atoms with van der Waals surface area (Å²) in [5.41, 5.74) is 2.26. The van der Waals surface area contributed by atoms with E-state index in [0.717, 1.165) is 18.4 Å². The Morgan fingerprint density at radius 1 is 1.17 bits per heavy atom. The van der Waals surface area contributed by atoms with E-state index >= 15 is 0 Å². The number of benzene rings is 1. The average Bonchev–Trinajstić information content (AvgIpc) is 2.06. The first-order valence-corrected chi connectivity index (χ1v) is 3.85. The van der Waals surface area contributed by atoms with Crippen molar-refractivity contribution < 1.29 is 49.2 Å². The third-order valence-electron chi connectivity index (χ3n) is 2.04. The molecule has 12 heavy (non-hydrogen) atoms. The predicted molar refractivity (Wildman–Crippen MR) is 45.4 cm³/mol. The van der Waals surface area contributed by atoms with Crippen molar-refractivity contribution in [2.24, 2.45) is 0 Å². The van der Waals surface area contributed by atoms with Crippen LogP contribution >= 0.6 is 0 Å². The van der Waals surface area contributed by atoms with E-state index in [9.17, 15) is 5.11 Å². The third-order valence-corrected chi connectivity index (χ3v) is 2.04. The number of rotatable bonds is 0. The smallest absolute Gasteiger partial charge is 0.119 e. The summed E-state index contributed by atoms with van der Waals surface area (Å²) in [5, 5.41) is 9.42. The van der Waals surface area contributed by atoms with Crippen molar-refractivity contribution in [3.63, 3.8) is 0 Å². The summed E-state index contributed by atoms with van der Waals surface area (Å²) in [7, 11) is 0. The molecule has 0 aliphatic heterocycles. The van der Waals surface area contributed by atoms with E-state index in [-0.39, 0.29) is 44.1 Å². The molecule has 1 aromatic rings. The van der Waals surface area contributed by atoms with Crippen molar-refractivity contribution in [3.05, 3.63) is 41.5 Å². The van der Waals surface area contributed by atoms with Crippen LogP contribution in [0.15, 0.2) is 30.3 Å². The van der Waals surface area contributed by atoms with Gasteiger partial charge in [0.25, 0.3) is 0 Å². The molecule has 0 fully saturated rings. The molecule has 0 spiro atoms. The molecule has 2 heteroatoms. The van der Waals surface area contributed by atoms with Crippen LogP contribution in [0.2, 0.25) is 0 Å². The van der Waals surface area contributed by atoms with Crippen molar-refractivity contribution in [2.45, 2.75) is 12.8 Å². The van der Waals surface area contributed by atoms with Gasteiger partial charge in [-0.1, -0.05) is 24.3 Å². The van der Waals surface area contributed by atoms with Crippen molar-refractivity contribution in [3.8, 4) is 0 Å². The van der Waals surface area contributed by atoms with E-state index in [1.165, 1.54) is 5.56 Å². The minimum Gasteiger partial charge on any atom is -0.508 e. The summed E-state index contributed by atoms with van der Waals surface area (Å²) < 4.78 is 0. The molecule has 1 aliphatic carbocycles. The maximum Gasteiger partial charge on any atom is 0.119 e. The molecule has 1 nitrogen and oxygen atoms in total. The molecule has 1 N–H and O–H groups in total. The number of aliphatic hydroxyl groups excluding tert-OH is 1. The number of aliphatic hydroxyl groups is 1. The van der Waals surface area contributed by atoms with Gasteiger partial charge >= 0.3 is 0 Å². The van der Waals surface area contributed by atoms with Crippen LogP contribution in [0.1, 0.15) is 17.5 Å². The second kappa shape index (κ2) is 4.44. The van der Waals surface area contributed by atoms with Crippen molar-refractivity contribution >= 4 is 5.76 Å². The fraction of sp³-hybridized carbons (Fsp3) is 0.200. The summed E-state index contributed by atoms with van der Waals surface area (Å²) in [5.74, 6) is 0.437. The van der Waals surface area contributed by atoms with Gasteiger partial charge in [0.15, 0.2) is 0 Å². The summed E-state index contributed by atoms with van der Waals surface area (Å²) in [6.07, 6.45) is 3.89. The number of aryl methyl sites for hydroxylation is 1. The average molecular weight is 373 g/mol. The van der Waals surface area contributed by atoms with Gasteiger partial charge < -0.3 is 5.11 Å². The molecule has 0 saturated carbocycles. The zero-order valence-electron chi connectivity index (χ0n) is 6.83. The number of hydrogen-bond donors (Lipinski definition) is 1. The van der Waals surface area contributed by atoms with E-state index in [2.05, 4.69) is 6.07 Å². The first-order chi connectivity index (χ1) is 5.38. The first-order valence-electron chi connectivity index (χ1n) is 3.85. The van der Waals surface area contributed by atoms with Gasteiger partial charge in [0.05, 0.1) is 0 Å². The molecule has 2 rings (SSSR count). The molecule has 1 radical (unpaired) electrons. The quantitative estimate of drug-likeness (QED) is 0.741. The molecule has 1 aliphatic rings. The van der Waals surface area contributed by atoms with Gasteiger partial charge in [-0.2, -0.15) is 0 Å². The Kier molecular flexibility index (Phi) is 3.81. The molecule has 59 valence electrons. The Balaban J connectivity index is 0.000000720. The standard InChI is InChI=1S/C10H10O.Ac/c11-10-7-3-5-8-4-1-2-6-9(8)10;/h1-2,4,6-7,11H,3,5H2;. The largest absolute Gasteiger partial charge is 0.508 e. The SMILES string of the molecule is OC1=CCCc2ccccc21.[Ac]. The fourth-order valence-electron chi connectivity index (χ4n) is 1.46. The molecule has 0 aromatic heterocycles. The van der Waals surface area contributed by atoms with Crippen LogP contribution in [0, 0.1) is 44.1 Å². The van der Waals surface area contributed by atoms with Crippen molar-refractivity contribution in [2.75, 3.05) is 0 Å². The van der Waals surface area contributed by atoms with Gasteiger partial charge in [0.2, 0.25) is 0 Å². The molecule has 1 aromatic carbocycles. The van der Waals surface area contributed by atoms with Gasteiger partial charge in [-0.3, -0.25) is 0 Å². The first kappa shape index (κ1) is 10.3. The Morgan fingerprint density at radius 2 is 1.92 bits per heavy atom. The van der Waals surface area contributed by atoms with E-state index < -0.39 is 0 Å². The van der Waals surface area contributed by atoms with Crippen LogP contribution in [0.25, 0.3) is 5.76 Å². The zero-order valence-corrected chi connectivity index (χ0v) is 11.6. The maximum atomic E-state index is 9.42. The molecule has 0 atom stereocenters. The molecule has 0 heterocycles. The number of allylic oxidation sites excluding steroid dienone is 1. The predicted octanol–water partition coefficient (Wildman–Crippen LogP) is 2.53. The molecule has 0 saturated heterocycles. The van der Waals surface area contributed by atoms with Gasteiger partial charge in [-0.05, 0) is 24.5 Å². The van der Waals surface area contributed by atoms with Crippen LogP contribution in [0.3, 0.4) is 0 Å². The molecule has 0 amide bonds. The summed E-state index contributed by atoms with van der Waals surface area (Å²) in [4.78, 5) is 0. The Hall–Kier alpha value is 0.202. The van der Waals surface area contributed by atoms with Crippen LogP contribution < -0.4 is 0 Å². The van der Waals surface area contributed by atoms with E-state index in [0.29, 0.717) is 5.76 Å². The van der Waals surface area contributed by atoms with Gasteiger partial charge in [0, 0.05) is 49.6 Å². The maximum absolute atomic E-state index is 9.42. The topological polar surface area (TPSA) is 20.2 Å². The molecule has 0 unspecified atom stereocenters. The van der Waals surface area contributed by atoms with Crippen LogP contribution in [0.5, 0.6) is 0 Å². The van der Waals surface area contributed by atoms with Crippen LogP contribution in [0.4, 0.5) is 0 Å². The second-order valence-corrected chi connectivity index (χ2v) is 2.79. The van der Waals surface area contributed by atoms with Gasteiger partial charge in [-0.15, -0.1) is 0 Å². The van der Waals surface area contributed by atoms with Crippen molar-refractivity contribution in [1.82, 2.24) is 0 Å². The minimum atomic E-state index is 0. The van der Waals surface area contributed by atoms with Crippen molar-refractivity contribution in [1.29, 1.82) is 0 Å². The van der Waals surface area contributed by atoms with Crippen LogP contribution in [-0.2, 0) is 6.42 Å². The third kappa shape index (κ3) is 1.92. The van der Waals surface area contributed by atoms with E-state index in [1.54, 1.807) is 0 Å².